The molecule has 2 N–H and O–H groups in total. The minimum Gasteiger partial charge on any atom is -0.480 e. The van der Waals surface area contributed by atoms with Crippen molar-refractivity contribution in [1.82, 2.24) is 10.2 Å². The highest BCUT2D eigenvalue weighted by molar-refractivity contribution is 5.82. The van der Waals surface area contributed by atoms with Gasteiger partial charge in [-0.25, -0.2) is 9.59 Å². The fraction of sp³-hybridized carbons (Fsp3) is 0.867. The Balaban J connectivity index is 1.97. The number of carbonyl (C=O) groups excluding carboxylic acids is 1. The Morgan fingerprint density at radius 2 is 1.95 bits per heavy atom. The number of hydrogen-bond acceptors (Lipinski definition) is 2. The second-order valence-corrected chi connectivity index (χ2v) is 6.56. The SMILES string of the molecule is CC(C)CC(NC(=O)N1CCCC2CCCC21)C(=O)O. The first-order chi connectivity index (χ1) is 9.49. The Bertz CT molecular complexity index is 370. The highest BCUT2D eigenvalue weighted by Gasteiger charge is 2.38. The first-order valence-corrected chi connectivity index (χ1v) is 7.79. The number of carbonyl (C=O) groups is 2. The fourth-order valence-electron chi connectivity index (χ4n) is 3.63. The van der Waals surface area contributed by atoms with Crippen LogP contribution in [0.3, 0.4) is 0 Å². The van der Waals surface area contributed by atoms with E-state index >= 15 is 0 Å². The minimum absolute atomic E-state index is 0.186. The summed E-state index contributed by atoms with van der Waals surface area (Å²) in [5.41, 5.74) is 0. The van der Waals surface area contributed by atoms with E-state index in [-0.39, 0.29) is 11.9 Å². The van der Waals surface area contributed by atoms with Gasteiger partial charge in [-0.3, -0.25) is 0 Å². The van der Waals surface area contributed by atoms with Gasteiger partial charge in [-0.15, -0.1) is 0 Å². The van der Waals surface area contributed by atoms with Gasteiger partial charge in [-0.2, -0.15) is 0 Å². The normalized spacial score (nSPS) is 27.2. The van der Waals surface area contributed by atoms with Gasteiger partial charge in [0.05, 0.1) is 0 Å². The molecule has 5 heteroatoms. The first kappa shape index (κ1) is 15.1. The summed E-state index contributed by atoms with van der Waals surface area (Å²) in [6.45, 7) is 4.70. The maximum atomic E-state index is 12.4. The van der Waals surface area contributed by atoms with Crippen molar-refractivity contribution >= 4 is 12.0 Å². The molecule has 1 aliphatic heterocycles. The molecule has 20 heavy (non-hydrogen) atoms. The largest absolute Gasteiger partial charge is 0.480 e. The van der Waals surface area contributed by atoms with E-state index in [1.54, 1.807) is 0 Å². The van der Waals surface area contributed by atoms with Crippen LogP contribution in [0.1, 0.15) is 52.4 Å². The number of hydrogen-bond donors (Lipinski definition) is 2. The summed E-state index contributed by atoms with van der Waals surface area (Å²) < 4.78 is 0. The fourth-order valence-corrected chi connectivity index (χ4v) is 3.63. The Morgan fingerprint density at radius 1 is 1.25 bits per heavy atom. The summed E-state index contributed by atoms with van der Waals surface area (Å²) in [5.74, 6) is -0.0631. The summed E-state index contributed by atoms with van der Waals surface area (Å²) in [6, 6.07) is -0.629. The number of rotatable bonds is 4. The molecule has 2 aliphatic rings. The number of piperidine rings is 1. The predicted octanol–water partition coefficient (Wildman–Crippen LogP) is 2.46. The lowest BCUT2D eigenvalue weighted by atomic mass is 9.92. The number of aliphatic carboxylic acids is 1. The molecule has 2 rings (SSSR count). The van der Waals surface area contributed by atoms with Gasteiger partial charge >= 0.3 is 12.0 Å². The van der Waals surface area contributed by atoms with Gasteiger partial charge in [0, 0.05) is 12.6 Å². The molecule has 3 atom stereocenters. The zero-order chi connectivity index (χ0) is 14.7. The number of urea groups is 1. The topological polar surface area (TPSA) is 69.6 Å². The third-order valence-electron chi connectivity index (χ3n) is 4.56. The minimum atomic E-state index is -0.938. The number of nitrogens with one attached hydrogen (secondary N) is 1. The molecular weight excluding hydrogens is 256 g/mol. The molecule has 0 aromatic rings. The molecule has 5 nitrogen and oxygen atoms in total. The first-order valence-electron chi connectivity index (χ1n) is 7.79. The maximum Gasteiger partial charge on any atom is 0.326 e. The number of carboxylic acid groups (broad SMARTS) is 1. The monoisotopic (exact) mass is 282 g/mol. The van der Waals surface area contributed by atoms with Crippen LogP contribution in [-0.4, -0.2) is 40.6 Å². The van der Waals surface area contributed by atoms with Crippen LogP contribution in [0.5, 0.6) is 0 Å². The molecule has 0 aromatic carbocycles. The molecule has 1 saturated heterocycles. The van der Waals surface area contributed by atoms with Gasteiger partial charge in [0.25, 0.3) is 0 Å². The molecule has 0 radical (unpaired) electrons. The van der Waals surface area contributed by atoms with E-state index in [4.69, 9.17) is 0 Å². The van der Waals surface area contributed by atoms with Gasteiger partial charge in [0.1, 0.15) is 6.04 Å². The molecule has 0 spiro atoms. The second kappa shape index (κ2) is 6.46. The Hall–Kier alpha value is -1.26. The van der Waals surface area contributed by atoms with Crippen LogP contribution < -0.4 is 5.32 Å². The number of amides is 2. The van der Waals surface area contributed by atoms with E-state index in [2.05, 4.69) is 5.32 Å². The molecule has 0 aromatic heterocycles. The highest BCUT2D eigenvalue weighted by Crippen LogP contribution is 2.36. The summed E-state index contributed by atoms with van der Waals surface area (Å²) in [6.07, 6.45) is 6.19. The number of nitrogens with zero attached hydrogens (tertiary/aromatic N) is 1. The molecule has 3 unspecified atom stereocenters. The van der Waals surface area contributed by atoms with Gasteiger partial charge in [0.2, 0.25) is 0 Å². The quantitative estimate of drug-likeness (QED) is 0.832. The average Bonchev–Trinajstić information content (AvgIpc) is 2.84. The maximum absolute atomic E-state index is 12.4. The van der Waals surface area contributed by atoms with E-state index in [0.717, 1.165) is 19.4 Å². The lowest BCUT2D eigenvalue weighted by molar-refractivity contribution is -0.139. The van der Waals surface area contributed by atoms with Crippen molar-refractivity contribution in [3.63, 3.8) is 0 Å². The van der Waals surface area contributed by atoms with E-state index in [1.165, 1.54) is 19.3 Å². The number of likely N-dealkylation sites (tertiary alicyclic amines) is 1. The highest BCUT2D eigenvalue weighted by atomic mass is 16.4. The molecule has 1 saturated carbocycles. The zero-order valence-electron chi connectivity index (χ0n) is 12.5. The average molecular weight is 282 g/mol. The molecule has 0 bridgehead atoms. The van der Waals surface area contributed by atoms with Crippen molar-refractivity contribution in [2.75, 3.05) is 6.54 Å². The summed E-state index contributed by atoms with van der Waals surface area (Å²) >= 11 is 0. The van der Waals surface area contributed by atoms with Crippen LogP contribution in [0.2, 0.25) is 0 Å². The van der Waals surface area contributed by atoms with Crippen molar-refractivity contribution in [3.05, 3.63) is 0 Å². The number of carboxylic acids is 1. The van der Waals surface area contributed by atoms with Crippen LogP contribution >= 0.6 is 0 Å². The van der Waals surface area contributed by atoms with Crippen LogP contribution in [0.25, 0.3) is 0 Å². The number of fused-ring (bicyclic) bond motifs is 1. The van der Waals surface area contributed by atoms with Crippen molar-refractivity contribution in [2.24, 2.45) is 11.8 Å². The Kier molecular flexibility index (Phi) is 4.89. The van der Waals surface area contributed by atoms with Crippen molar-refractivity contribution < 1.29 is 14.7 Å². The Labute approximate surface area is 120 Å². The molecule has 2 amide bonds. The predicted molar refractivity (Wildman–Crippen MR) is 76.5 cm³/mol. The van der Waals surface area contributed by atoms with E-state index in [1.807, 2.05) is 18.7 Å². The summed E-state index contributed by atoms with van der Waals surface area (Å²) in [4.78, 5) is 25.5. The Morgan fingerprint density at radius 3 is 2.60 bits per heavy atom. The molecule has 1 heterocycles. The van der Waals surface area contributed by atoms with E-state index in [9.17, 15) is 14.7 Å². The van der Waals surface area contributed by atoms with Crippen molar-refractivity contribution in [2.45, 2.75) is 64.5 Å². The van der Waals surface area contributed by atoms with Gasteiger partial charge in [-0.1, -0.05) is 20.3 Å². The molecule has 114 valence electrons. The lowest BCUT2D eigenvalue weighted by Gasteiger charge is -2.38. The van der Waals surface area contributed by atoms with Gasteiger partial charge in [0.15, 0.2) is 0 Å². The molecule has 2 fully saturated rings. The van der Waals surface area contributed by atoms with E-state index < -0.39 is 12.0 Å². The third-order valence-corrected chi connectivity index (χ3v) is 4.56. The molecule has 1 aliphatic carbocycles. The lowest BCUT2D eigenvalue weighted by Crippen LogP contribution is -2.54. The van der Waals surface area contributed by atoms with Crippen molar-refractivity contribution in [1.29, 1.82) is 0 Å². The van der Waals surface area contributed by atoms with Crippen LogP contribution in [0.4, 0.5) is 4.79 Å². The van der Waals surface area contributed by atoms with Gasteiger partial charge < -0.3 is 15.3 Å². The summed E-state index contributed by atoms with van der Waals surface area (Å²) in [5, 5.41) is 11.9. The third kappa shape index (κ3) is 3.44. The van der Waals surface area contributed by atoms with Crippen LogP contribution in [0.15, 0.2) is 0 Å². The van der Waals surface area contributed by atoms with Crippen LogP contribution in [-0.2, 0) is 4.79 Å². The summed E-state index contributed by atoms with van der Waals surface area (Å²) in [7, 11) is 0. The van der Waals surface area contributed by atoms with E-state index in [0.29, 0.717) is 18.4 Å². The zero-order valence-corrected chi connectivity index (χ0v) is 12.5. The van der Waals surface area contributed by atoms with Crippen molar-refractivity contribution in [3.8, 4) is 0 Å². The smallest absolute Gasteiger partial charge is 0.326 e. The second-order valence-electron chi connectivity index (χ2n) is 6.56. The van der Waals surface area contributed by atoms with Crippen LogP contribution in [0, 0.1) is 11.8 Å². The standard InChI is InChI=1S/C15H26N2O3/c1-10(2)9-12(14(18)19)16-15(20)17-8-4-6-11-5-3-7-13(11)17/h10-13H,3-9H2,1-2H3,(H,16,20)(H,18,19). The molecular formula is C15H26N2O3. The van der Waals surface area contributed by atoms with Gasteiger partial charge in [-0.05, 0) is 43.9 Å².